The van der Waals surface area contributed by atoms with Crippen LogP contribution in [0.5, 0.6) is 0 Å². The lowest BCUT2D eigenvalue weighted by Crippen LogP contribution is -2.63. The third-order valence-corrected chi connectivity index (χ3v) is 7.00. The van der Waals surface area contributed by atoms with Gasteiger partial charge in [-0.1, -0.05) is 6.07 Å². The molecule has 0 radical (unpaired) electrons. The van der Waals surface area contributed by atoms with Crippen LogP contribution in [0.4, 0.5) is 24.5 Å². The summed E-state index contributed by atoms with van der Waals surface area (Å²) >= 11 is 4.58. The van der Waals surface area contributed by atoms with E-state index in [-0.39, 0.29) is 24.3 Å². The first-order valence-corrected chi connectivity index (χ1v) is 10.8. The molecule has 2 fully saturated rings. The zero-order valence-electron chi connectivity index (χ0n) is 17.2. The molecular weight excluding hydrogens is 455 g/mol. The molecule has 7 nitrogen and oxygen atoms in total. The van der Waals surface area contributed by atoms with Crippen LogP contribution in [-0.4, -0.2) is 34.3 Å². The SMILES string of the molecule is N#Cc1ncc(N2C(=O)C3(CCC3=O)N(c3ccc4c(c3)CCNC4)C2S)cc1C(F)(F)F. The number of alkyl halides is 3. The number of nitrogens with one attached hydrogen (secondary N) is 1. The van der Waals surface area contributed by atoms with Crippen molar-refractivity contribution in [2.75, 3.05) is 16.3 Å². The summed E-state index contributed by atoms with van der Waals surface area (Å²) in [7, 11) is 0. The van der Waals surface area contributed by atoms with Crippen molar-refractivity contribution in [1.82, 2.24) is 10.3 Å². The van der Waals surface area contributed by atoms with Gasteiger partial charge in [-0.3, -0.25) is 14.5 Å². The normalized spacial score (nSPS) is 24.6. The second kappa shape index (κ2) is 7.46. The molecule has 3 heterocycles. The Morgan fingerprint density at radius 1 is 1.18 bits per heavy atom. The van der Waals surface area contributed by atoms with Gasteiger partial charge in [0.2, 0.25) is 0 Å². The van der Waals surface area contributed by atoms with E-state index in [4.69, 9.17) is 5.26 Å². The van der Waals surface area contributed by atoms with Crippen LogP contribution < -0.4 is 15.1 Å². The Morgan fingerprint density at radius 3 is 2.61 bits per heavy atom. The van der Waals surface area contributed by atoms with Gasteiger partial charge in [-0.2, -0.15) is 18.4 Å². The molecule has 1 N–H and O–H groups in total. The summed E-state index contributed by atoms with van der Waals surface area (Å²) in [5.74, 6) is -0.941. The van der Waals surface area contributed by atoms with E-state index in [1.165, 1.54) is 6.07 Å². The largest absolute Gasteiger partial charge is 0.419 e. The van der Waals surface area contributed by atoms with Crippen LogP contribution in [-0.2, 0) is 28.7 Å². The maximum atomic E-state index is 13.5. The number of nitrogens with zero attached hydrogens (tertiary/aromatic N) is 4. The predicted octanol–water partition coefficient (Wildman–Crippen LogP) is 2.79. The monoisotopic (exact) mass is 473 g/mol. The van der Waals surface area contributed by atoms with Crippen molar-refractivity contribution in [3.05, 3.63) is 52.8 Å². The first-order valence-electron chi connectivity index (χ1n) is 10.3. The molecule has 1 aromatic carbocycles. The highest BCUT2D eigenvalue weighted by atomic mass is 32.1. The molecule has 33 heavy (non-hydrogen) atoms. The van der Waals surface area contributed by atoms with Crippen molar-refractivity contribution in [3.63, 3.8) is 0 Å². The molecule has 2 aliphatic heterocycles. The second-order valence-electron chi connectivity index (χ2n) is 8.25. The average Bonchev–Trinajstić information content (AvgIpc) is 3.04. The smallest absolute Gasteiger partial charge is 0.321 e. The molecule has 170 valence electrons. The molecule has 1 aromatic heterocycles. The summed E-state index contributed by atoms with van der Waals surface area (Å²) in [5.41, 5.74) is -1.95. The molecule has 1 amide bonds. The van der Waals surface area contributed by atoms with Crippen LogP contribution in [0.3, 0.4) is 0 Å². The number of amides is 1. The molecule has 1 spiro atoms. The fourth-order valence-electron chi connectivity index (χ4n) is 4.77. The van der Waals surface area contributed by atoms with E-state index in [2.05, 4.69) is 22.9 Å². The number of thiol groups is 1. The predicted molar refractivity (Wildman–Crippen MR) is 116 cm³/mol. The minimum absolute atomic E-state index is 0.171. The van der Waals surface area contributed by atoms with Gasteiger partial charge in [-0.05, 0) is 48.7 Å². The highest BCUT2D eigenvalue weighted by molar-refractivity contribution is 7.81. The highest BCUT2D eigenvalue weighted by Gasteiger charge is 2.66. The fraction of sp³-hybridized carbons (Fsp3) is 0.364. The van der Waals surface area contributed by atoms with Crippen LogP contribution >= 0.6 is 12.6 Å². The average molecular weight is 473 g/mol. The number of Topliss-reactive ketones (excluding diaryl/α,β-unsaturated/α-hetero) is 1. The van der Waals surface area contributed by atoms with Crippen molar-refractivity contribution < 1.29 is 22.8 Å². The van der Waals surface area contributed by atoms with Gasteiger partial charge in [0.25, 0.3) is 5.91 Å². The molecule has 1 aliphatic carbocycles. The van der Waals surface area contributed by atoms with E-state index in [9.17, 15) is 22.8 Å². The number of fused-ring (bicyclic) bond motifs is 1. The molecule has 2 atom stereocenters. The number of pyridine rings is 1. The lowest BCUT2D eigenvalue weighted by Gasteiger charge is -2.43. The van der Waals surface area contributed by atoms with Gasteiger partial charge in [0.1, 0.15) is 6.07 Å². The highest BCUT2D eigenvalue weighted by Crippen LogP contribution is 2.49. The third-order valence-electron chi connectivity index (χ3n) is 6.54. The van der Waals surface area contributed by atoms with Gasteiger partial charge >= 0.3 is 6.18 Å². The summed E-state index contributed by atoms with van der Waals surface area (Å²) in [4.78, 5) is 32.6. The molecule has 2 unspecified atom stereocenters. The van der Waals surface area contributed by atoms with Crippen molar-refractivity contribution in [2.45, 2.75) is 43.0 Å². The van der Waals surface area contributed by atoms with Crippen molar-refractivity contribution >= 4 is 35.7 Å². The number of hydrogen-bond donors (Lipinski definition) is 2. The Bertz CT molecular complexity index is 1230. The maximum absolute atomic E-state index is 13.5. The number of aromatic nitrogens is 1. The molecule has 2 aromatic rings. The number of nitriles is 1. The Labute approximate surface area is 192 Å². The molecular formula is C22H18F3N5O2S. The lowest BCUT2D eigenvalue weighted by atomic mass is 9.73. The van der Waals surface area contributed by atoms with Gasteiger partial charge in [-0.25, -0.2) is 4.98 Å². The summed E-state index contributed by atoms with van der Waals surface area (Å²) < 4.78 is 40.5. The van der Waals surface area contributed by atoms with Crippen molar-refractivity contribution in [2.24, 2.45) is 0 Å². The Balaban J connectivity index is 1.62. The van der Waals surface area contributed by atoms with E-state index < -0.39 is 34.4 Å². The standard InChI is InChI=1S/C22H18F3N5O2S/c23-22(24,25)16-8-15(11-28-17(16)9-26)29-19(32)21(5-3-18(21)31)30(20(29)33)14-2-1-13-10-27-6-4-12(13)7-14/h1-2,7-8,11,20,27,33H,3-6,10H2. The van der Waals surface area contributed by atoms with Gasteiger partial charge in [0.15, 0.2) is 22.5 Å². The first-order chi connectivity index (χ1) is 15.7. The second-order valence-corrected chi connectivity index (χ2v) is 8.72. The summed E-state index contributed by atoms with van der Waals surface area (Å²) in [6.45, 7) is 1.51. The van der Waals surface area contributed by atoms with Crippen LogP contribution in [0, 0.1) is 11.3 Å². The number of carbonyl (C=O) groups is 2. The summed E-state index contributed by atoms with van der Waals surface area (Å²) in [6, 6.07) is 7.79. The third kappa shape index (κ3) is 3.12. The number of ketones is 1. The zero-order chi connectivity index (χ0) is 23.5. The number of rotatable bonds is 2. The number of halogens is 3. The first kappa shape index (κ1) is 21.7. The Morgan fingerprint density at radius 2 is 1.97 bits per heavy atom. The zero-order valence-corrected chi connectivity index (χ0v) is 18.1. The molecule has 3 aliphatic rings. The molecule has 5 rings (SSSR count). The lowest BCUT2D eigenvalue weighted by molar-refractivity contribution is -0.140. The van der Waals surface area contributed by atoms with Gasteiger partial charge in [0, 0.05) is 18.7 Å². The number of benzene rings is 1. The molecule has 1 saturated carbocycles. The summed E-state index contributed by atoms with van der Waals surface area (Å²) in [6.07, 6.45) is -2.58. The van der Waals surface area contributed by atoms with Gasteiger partial charge in [0.05, 0.1) is 17.4 Å². The number of carbonyl (C=O) groups excluding carboxylic acids is 2. The van der Waals surface area contributed by atoms with Crippen LogP contribution in [0.2, 0.25) is 0 Å². The van der Waals surface area contributed by atoms with E-state index in [0.29, 0.717) is 18.3 Å². The Kier molecular flexibility index (Phi) is 4.91. The molecule has 0 bridgehead atoms. The quantitative estimate of drug-likeness (QED) is 0.515. The molecule has 1 saturated heterocycles. The van der Waals surface area contributed by atoms with E-state index in [1.54, 1.807) is 11.0 Å². The maximum Gasteiger partial charge on any atom is 0.419 e. The van der Waals surface area contributed by atoms with Crippen LogP contribution in [0.1, 0.15) is 35.2 Å². The van der Waals surface area contributed by atoms with Crippen molar-refractivity contribution in [3.8, 4) is 6.07 Å². The van der Waals surface area contributed by atoms with Crippen molar-refractivity contribution in [1.29, 1.82) is 5.26 Å². The number of anilines is 2. The fourth-order valence-corrected chi connectivity index (χ4v) is 5.34. The molecule has 11 heteroatoms. The minimum Gasteiger partial charge on any atom is -0.321 e. The van der Waals surface area contributed by atoms with Crippen LogP contribution in [0.15, 0.2) is 30.5 Å². The Hall–Kier alpha value is -3.10. The van der Waals surface area contributed by atoms with E-state index >= 15 is 0 Å². The topological polar surface area (TPSA) is 89.3 Å². The van der Waals surface area contributed by atoms with E-state index in [1.807, 2.05) is 12.1 Å². The van der Waals surface area contributed by atoms with Crippen LogP contribution in [0.25, 0.3) is 0 Å². The van der Waals surface area contributed by atoms with Gasteiger partial charge in [-0.15, -0.1) is 12.6 Å². The summed E-state index contributed by atoms with van der Waals surface area (Å²) in [5, 5.41) is 12.3. The van der Waals surface area contributed by atoms with Gasteiger partial charge < -0.3 is 10.2 Å². The minimum atomic E-state index is -4.83. The van der Waals surface area contributed by atoms with E-state index in [0.717, 1.165) is 35.2 Å². The number of hydrogen-bond acceptors (Lipinski definition) is 7.